The molecule has 1 aliphatic rings. The van der Waals surface area contributed by atoms with Crippen LogP contribution in [0.15, 0.2) is 34.1 Å². The van der Waals surface area contributed by atoms with Crippen LogP contribution in [0.25, 0.3) is 0 Å². The maximum absolute atomic E-state index is 12.4. The second-order valence-electron chi connectivity index (χ2n) is 5.49. The topological polar surface area (TPSA) is 66.5 Å². The molecule has 1 aromatic carbocycles. The van der Waals surface area contributed by atoms with Gasteiger partial charge in [0.05, 0.1) is 11.4 Å². The van der Waals surface area contributed by atoms with Crippen LogP contribution in [0.1, 0.15) is 25.7 Å². The zero-order valence-electron chi connectivity index (χ0n) is 12.9. The average molecular weight is 342 g/mol. The zero-order valence-corrected chi connectivity index (χ0v) is 14.5. The third kappa shape index (κ3) is 4.24. The molecule has 2 rings (SSSR count). The van der Waals surface area contributed by atoms with Crippen molar-refractivity contribution in [2.45, 2.75) is 41.5 Å². The van der Waals surface area contributed by atoms with Gasteiger partial charge in [0.2, 0.25) is 15.9 Å². The van der Waals surface area contributed by atoms with E-state index in [-0.39, 0.29) is 23.4 Å². The number of sulfonamides is 1. The number of benzene rings is 1. The highest BCUT2D eigenvalue weighted by molar-refractivity contribution is 7.98. The van der Waals surface area contributed by atoms with Crippen LogP contribution in [0.5, 0.6) is 0 Å². The van der Waals surface area contributed by atoms with Gasteiger partial charge in [-0.25, -0.2) is 8.42 Å². The molecule has 1 N–H and O–H groups in total. The number of carbonyl (C=O) groups is 1. The molecule has 0 saturated heterocycles. The standard InChI is InChI=1S/C15H22N2O3S2/c1-17(11-15(18)16-12-5-3-4-6-12)22(19,20)14-9-7-13(21-2)8-10-14/h7-10,12H,3-6,11H2,1-2H3,(H,16,18). The van der Waals surface area contributed by atoms with E-state index < -0.39 is 10.0 Å². The van der Waals surface area contributed by atoms with E-state index in [1.54, 1.807) is 36.0 Å². The Morgan fingerprint density at radius 3 is 2.41 bits per heavy atom. The van der Waals surface area contributed by atoms with Crippen LogP contribution >= 0.6 is 11.8 Å². The summed E-state index contributed by atoms with van der Waals surface area (Å²) in [6.45, 7) is -0.150. The van der Waals surface area contributed by atoms with E-state index in [1.807, 2.05) is 6.26 Å². The van der Waals surface area contributed by atoms with Gasteiger partial charge in [-0.3, -0.25) is 4.79 Å². The number of likely N-dealkylation sites (N-methyl/N-ethyl adjacent to an activating group) is 1. The molecule has 0 atom stereocenters. The number of hydrogen-bond donors (Lipinski definition) is 1. The third-order valence-corrected chi connectivity index (χ3v) is 6.42. The van der Waals surface area contributed by atoms with E-state index in [0.717, 1.165) is 34.9 Å². The minimum atomic E-state index is -3.63. The fraction of sp³-hybridized carbons (Fsp3) is 0.533. The number of amides is 1. The minimum absolute atomic E-state index is 0.150. The summed E-state index contributed by atoms with van der Waals surface area (Å²) in [6.07, 6.45) is 6.15. The molecule has 0 aliphatic heterocycles. The number of thioether (sulfide) groups is 1. The van der Waals surface area contributed by atoms with Crippen LogP contribution in [0.4, 0.5) is 0 Å². The quantitative estimate of drug-likeness (QED) is 0.804. The van der Waals surface area contributed by atoms with E-state index in [9.17, 15) is 13.2 Å². The number of hydrogen-bond acceptors (Lipinski definition) is 4. The average Bonchev–Trinajstić information content (AvgIpc) is 2.99. The molecule has 5 nitrogen and oxygen atoms in total. The summed E-state index contributed by atoms with van der Waals surface area (Å²) in [5, 5.41) is 2.90. The summed E-state index contributed by atoms with van der Waals surface area (Å²) in [7, 11) is -2.19. The molecule has 1 saturated carbocycles. The van der Waals surface area contributed by atoms with Crippen LogP contribution in [-0.4, -0.2) is 44.5 Å². The maximum atomic E-state index is 12.4. The van der Waals surface area contributed by atoms with Gasteiger partial charge < -0.3 is 5.32 Å². The van der Waals surface area contributed by atoms with Crippen molar-refractivity contribution in [3.8, 4) is 0 Å². The molecule has 0 heterocycles. The normalized spacial score (nSPS) is 16.1. The van der Waals surface area contributed by atoms with Crippen molar-refractivity contribution < 1.29 is 13.2 Å². The van der Waals surface area contributed by atoms with Gasteiger partial charge in [0.1, 0.15) is 0 Å². The highest BCUT2D eigenvalue weighted by Gasteiger charge is 2.24. The van der Waals surface area contributed by atoms with Crippen LogP contribution in [0.3, 0.4) is 0 Å². The molecule has 1 amide bonds. The van der Waals surface area contributed by atoms with E-state index >= 15 is 0 Å². The first-order chi connectivity index (χ1) is 10.4. The van der Waals surface area contributed by atoms with Gasteiger partial charge in [-0.05, 0) is 43.4 Å². The van der Waals surface area contributed by atoms with Crippen molar-refractivity contribution in [2.75, 3.05) is 19.8 Å². The molecule has 0 bridgehead atoms. The lowest BCUT2D eigenvalue weighted by Gasteiger charge is -2.19. The Labute approximate surface area is 136 Å². The lowest BCUT2D eigenvalue weighted by molar-refractivity contribution is -0.121. The lowest BCUT2D eigenvalue weighted by Crippen LogP contribution is -2.41. The first-order valence-corrected chi connectivity index (χ1v) is 9.99. The largest absolute Gasteiger partial charge is 0.352 e. The SMILES string of the molecule is CSc1ccc(S(=O)(=O)N(C)CC(=O)NC2CCCC2)cc1. The number of nitrogens with zero attached hydrogens (tertiary/aromatic N) is 1. The molecule has 122 valence electrons. The van der Waals surface area contributed by atoms with Crippen molar-refractivity contribution >= 4 is 27.7 Å². The number of nitrogens with one attached hydrogen (secondary N) is 1. The first-order valence-electron chi connectivity index (χ1n) is 7.33. The predicted octanol–water partition coefficient (Wildman–Crippen LogP) is 2.09. The van der Waals surface area contributed by atoms with Crippen LogP contribution in [0.2, 0.25) is 0 Å². The molecular formula is C15H22N2O3S2. The van der Waals surface area contributed by atoms with Gasteiger partial charge in [-0.1, -0.05) is 12.8 Å². The van der Waals surface area contributed by atoms with Gasteiger partial charge in [-0.15, -0.1) is 11.8 Å². The van der Waals surface area contributed by atoms with Crippen LogP contribution in [-0.2, 0) is 14.8 Å². The molecular weight excluding hydrogens is 320 g/mol. The second kappa shape index (κ2) is 7.48. The molecule has 1 aliphatic carbocycles. The van der Waals surface area contributed by atoms with Crippen molar-refractivity contribution in [2.24, 2.45) is 0 Å². The predicted molar refractivity (Wildman–Crippen MR) is 88.4 cm³/mol. The summed E-state index contributed by atoms with van der Waals surface area (Å²) in [5.41, 5.74) is 0. The second-order valence-corrected chi connectivity index (χ2v) is 8.41. The molecule has 0 spiro atoms. The monoisotopic (exact) mass is 342 g/mol. The van der Waals surface area contributed by atoms with Crippen LogP contribution in [0, 0.1) is 0 Å². The third-order valence-electron chi connectivity index (χ3n) is 3.85. The van der Waals surface area contributed by atoms with Crippen molar-refractivity contribution in [3.05, 3.63) is 24.3 Å². The molecule has 0 radical (unpaired) electrons. The van der Waals surface area contributed by atoms with Gasteiger partial charge in [0.15, 0.2) is 0 Å². The van der Waals surface area contributed by atoms with Gasteiger partial charge in [-0.2, -0.15) is 4.31 Å². The molecule has 22 heavy (non-hydrogen) atoms. The van der Waals surface area contributed by atoms with E-state index in [0.29, 0.717) is 0 Å². The summed E-state index contributed by atoms with van der Waals surface area (Å²) in [6, 6.07) is 6.89. The van der Waals surface area contributed by atoms with E-state index in [2.05, 4.69) is 5.32 Å². The lowest BCUT2D eigenvalue weighted by atomic mass is 10.2. The van der Waals surface area contributed by atoms with E-state index in [4.69, 9.17) is 0 Å². The molecule has 7 heteroatoms. The van der Waals surface area contributed by atoms with E-state index in [1.165, 1.54) is 7.05 Å². The molecule has 0 aromatic heterocycles. The van der Waals surface area contributed by atoms with Crippen molar-refractivity contribution in [1.82, 2.24) is 9.62 Å². The Balaban J connectivity index is 1.99. The minimum Gasteiger partial charge on any atom is -0.352 e. The summed E-state index contributed by atoms with van der Waals surface area (Å²) >= 11 is 1.55. The Kier molecular flexibility index (Phi) is 5.88. The molecule has 0 unspecified atom stereocenters. The Morgan fingerprint density at radius 2 is 1.86 bits per heavy atom. The Hall–Kier alpha value is -1.05. The number of carbonyl (C=O) groups excluding carboxylic acids is 1. The molecule has 1 aromatic rings. The fourth-order valence-electron chi connectivity index (χ4n) is 2.56. The first kappa shape index (κ1) is 17.3. The van der Waals surface area contributed by atoms with Gasteiger partial charge in [0, 0.05) is 18.0 Å². The Bertz CT molecular complexity index is 608. The van der Waals surface area contributed by atoms with Crippen LogP contribution < -0.4 is 5.32 Å². The number of rotatable bonds is 6. The fourth-order valence-corrected chi connectivity index (χ4v) is 4.09. The summed E-state index contributed by atoms with van der Waals surface area (Å²) in [4.78, 5) is 13.2. The maximum Gasteiger partial charge on any atom is 0.243 e. The van der Waals surface area contributed by atoms with Crippen molar-refractivity contribution in [1.29, 1.82) is 0 Å². The van der Waals surface area contributed by atoms with Gasteiger partial charge >= 0.3 is 0 Å². The smallest absolute Gasteiger partial charge is 0.243 e. The summed E-state index contributed by atoms with van der Waals surface area (Å²) in [5.74, 6) is -0.237. The van der Waals surface area contributed by atoms with Crippen molar-refractivity contribution in [3.63, 3.8) is 0 Å². The highest BCUT2D eigenvalue weighted by atomic mass is 32.2. The molecule has 1 fully saturated rings. The van der Waals surface area contributed by atoms with Gasteiger partial charge in [0.25, 0.3) is 0 Å². The zero-order chi connectivity index (χ0) is 16.2. The Morgan fingerprint density at radius 1 is 1.27 bits per heavy atom. The summed E-state index contributed by atoms with van der Waals surface area (Å²) < 4.78 is 26.0. The highest BCUT2D eigenvalue weighted by Crippen LogP contribution is 2.20.